The highest BCUT2D eigenvalue weighted by Crippen LogP contribution is 2.28. The fraction of sp³-hybridized carbons (Fsp3) is 0.647. The molecule has 2 heterocycles. The van der Waals surface area contributed by atoms with Gasteiger partial charge >= 0.3 is 5.97 Å². The molecule has 1 atom stereocenters. The molecular weight excluding hydrogens is 296 g/mol. The molecule has 0 radical (unpaired) electrons. The van der Waals surface area contributed by atoms with Crippen molar-refractivity contribution in [3.8, 4) is 0 Å². The van der Waals surface area contributed by atoms with Crippen LogP contribution in [0.15, 0.2) is 17.2 Å². The molecule has 1 N–H and O–H groups in total. The minimum absolute atomic E-state index is 0.275. The molecule has 0 bridgehead atoms. The molecule has 0 spiro atoms. The lowest BCUT2D eigenvalue weighted by molar-refractivity contribution is -0.137. The van der Waals surface area contributed by atoms with E-state index < -0.39 is 5.97 Å². The van der Waals surface area contributed by atoms with Gasteiger partial charge in [-0.2, -0.15) is 0 Å². The molecule has 2 rings (SSSR count). The molecule has 1 fully saturated rings. The standard InChI is InChI=1S/C17H26N2O2S/c1-3-11-22-17-13(2)6-8-15(18-17)19-10-4-5-14(12-19)7-9-16(20)21/h6,8,14H,3-5,7,9-12H2,1-2H3,(H,20,21). The predicted molar refractivity (Wildman–Crippen MR) is 91.8 cm³/mol. The average Bonchev–Trinajstić information content (AvgIpc) is 2.52. The summed E-state index contributed by atoms with van der Waals surface area (Å²) < 4.78 is 0. The molecule has 22 heavy (non-hydrogen) atoms. The number of piperidine rings is 1. The number of hydrogen-bond acceptors (Lipinski definition) is 4. The first-order chi connectivity index (χ1) is 10.6. The minimum Gasteiger partial charge on any atom is -0.481 e. The SMILES string of the molecule is CCCSc1nc(N2CCCC(CCC(=O)O)C2)ccc1C. The zero-order valence-corrected chi connectivity index (χ0v) is 14.4. The number of nitrogens with zero attached hydrogens (tertiary/aromatic N) is 2. The number of aliphatic carboxylic acids is 1. The summed E-state index contributed by atoms with van der Waals surface area (Å²) >= 11 is 1.82. The molecule has 5 heteroatoms. The lowest BCUT2D eigenvalue weighted by atomic mass is 9.93. The maximum Gasteiger partial charge on any atom is 0.303 e. The Kier molecular flexibility index (Phi) is 6.55. The van der Waals surface area contributed by atoms with E-state index >= 15 is 0 Å². The van der Waals surface area contributed by atoms with E-state index in [4.69, 9.17) is 10.1 Å². The molecular formula is C17H26N2O2S. The third-order valence-corrected chi connectivity index (χ3v) is 5.39. The van der Waals surface area contributed by atoms with Crippen LogP contribution in [0, 0.1) is 12.8 Å². The van der Waals surface area contributed by atoms with Crippen LogP contribution in [0.2, 0.25) is 0 Å². The van der Waals surface area contributed by atoms with Crippen LogP contribution in [-0.2, 0) is 4.79 Å². The fourth-order valence-corrected chi connectivity index (χ4v) is 3.71. The quantitative estimate of drug-likeness (QED) is 0.770. The second-order valence-corrected chi connectivity index (χ2v) is 7.11. The minimum atomic E-state index is -0.691. The lowest BCUT2D eigenvalue weighted by Crippen LogP contribution is -2.36. The van der Waals surface area contributed by atoms with Crippen molar-refractivity contribution in [2.75, 3.05) is 23.7 Å². The molecule has 4 nitrogen and oxygen atoms in total. The van der Waals surface area contributed by atoms with Crippen molar-refractivity contribution in [2.24, 2.45) is 5.92 Å². The van der Waals surface area contributed by atoms with Gasteiger partial charge in [0.05, 0.1) is 0 Å². The summed E-state index contributed by atoms with van der Waals surface area (Å²) in [6, 6.07) is 4.26. The van der Waals surface area contributed by atoms with Crippen molar-refractivity contribution >= 4 is 23.5 Å². The van der Waals surface area contributed by atoms with Crippen LogP contribution >= 0.6 is 11.8 Å². The molecule has 122 valence electrons. The van der Waals surface area contributed by atoms with Gasteiger partial charge in [-0.15, -0.1) is 11.8 Å². The zero-order chi connectivity index (χ0) is 15.9. The maximum absolute atomic E-state index is 10.7. The number of aryl methyl sites for hydroxylation is 1. The van der Waals surface area contributed by atoms with Crippen molar-refractivity contribution in [3.63, 3.8) is 0 Å². The summed E-state index contributed by atoms with van der Waals surface area (Å²) in [5, 5.41) is 9.98. The molecule has 1 saturated heterocycles. The van der Waals surface area contributed by atoms with Gasteiger partial charge in [-0.3, -0.25) is 4.79 Å². The van der Waals surface area contributed by atoms with Crippen molar-refractivity contribution in [1.82, 2.24) is 4.98 Å². The maximum atomic E-state index is 10.7. The van der Waals surface area contributed by atoms with Crippen molar-refractivity contribution < 1.29 is 9.90 Å². The molecule has 0 aromatic carbocycles. The van der Waals surface area contributed by atoms with Gasteiger partial charge < -0.3 is 10.0 Å². The Balaban J connectivity index is 2.02. The normalized spacial score (nSPS) is 18.5. The number of pyridine rings is 1. The van der Waals surface area contributed by atoms with Gasteiger partial charge in [0.15, 0.2) is 0 Å². The first-order valence-corrected chi connectivity index (χ1v) is 9.16. The van der Waals surface area contributed by atoms with E-state index in [1.807, 2.05) is 11.8 Å². The summed E-state index contributed by atoms with van der Waals surface area (Å²) in [6.07, 6.45) is 4.45. The number of aromatic nitrogens is 1. The van der Waals surface area contributed by atoms with Crippen molar-refractivity contribution in [1.29, 1.82) is 0 Å². The third kappa shape index (κ3) is 4.90. The Bertz CT molecular complexity index is 507. The van der Waals surface area contributed by atoms with Gasteiger partial charge in [0, 0.05) is 19.5 Å². The van der Waals surface area contributed by atoms with Crippen molar-refractivity contribution in [2.45, 2.75) is 51.0 Å². The van der Waals surface area contributed by atoms with E-state index in [-0.39, 0.29) is 6.42 Å². The summed E-state index contributed by atoms with van der Waals surface area (Å²) in [7, 11) is 0. The average molecular weight is 322 g/mol. The lowest BCUT2D eigenvalue weighted by Gasteiger charge is -2.33. The van der Waals surface area contributed by atoms with Gasteiger partial charge in [0.2, 0.25) is 0 Å². The van der Waals surface area contributed by atoms with E-state index in [0.717, 1.165) is 55.4 Å². The molecule has 1 aliphatic rings. The van der Waals surface area contributed by atoms with Gasteiger partial charge in [0.1, 0.15) is 10.8 Å². The highest BCUT2D eigenvalue weighted by atomic mass is 32.2. The number of carboxylic acids is 1. The van der Waals surface area contributed by atoms with E-state index in [1.54, 1.807) is 0 Å². The van der Waals surface area contributed by atoms with E-state index in [0.29, 0.717) is 5.92 Å². The van der Waals surface area contributed by atoms with Crippen LogP contribution in [0.3, 0.4) is 0 Å². The van der Waals surface area contributed by atoms with Gasteiger partial charge in [-0.25, -0.2) is 4.98 Å². The van der Waals surface area contributed by atoms with Crippen LogP contribution in [-0.4, -0.2) is 34.9 Å². The Labute approximate surface area is 137 Å². The summed E-state index contributed by atoms with van der Waals surface area (Å²) in [6.45, 7) is 6.25. The second kappa shape index (κ2) is 8.42. The Morgan fingerprint density at radius 1 is 1.50 bits per heavy atom. The third-order valence-electron chi connectivity index (χ3n) is 4.09. The number of rotatable bonds is 7. The molecule has 1 unspecified atom stereocenters. The van der Waals surface area contributed by atoms with E-state index in [1.165, 1.54) is 5.56 Å². The van der Waals surface area contributed by atoms with Crippen LogP contribution in [0.5, 0.6) is 0 Å². The van der Waals surface area contributed by atoms with Crippen LogP contribution in [0.4, 0.5) is 5.82 Å². The van der Waals surface area contributed by atoms with E-state index in [9.17, 15) is 4.79 Å². The Morgan fingerprint density at radius 2 is 2.32 bits per heavy atom. The molecule has 0 saturated carbocycles. The Hall–Kier alpha value is -1.23. The van der Waals surface area contributed by atoms with Crippen LogP contribution in [0.1, 0.15) is 44.6 Å². The summed E-state index contributed by atoms with van der Waals surface area (Å²) in [5.41, 5.74) is 1.24. The van der Waals surface area contributed by atoms with E-state index in [2.05, 4.69) is 30.9 Å². The van der Waals surface area contributed by atoms with Crippen molar-refractivity contribution in [3.05, 3.63) is 17.7 Å². The zero-order valence-electron chi connectivity index (χ0n) is 13.5. The smallest absolute Gasteiger partial charge is 0.303 e. The topological polar surface area (TPSA) is 53.4 Å². The van der Waals surface area contributed by atoms with Crippen LogP contribution < -0.4 is 4.90 Å². The first-order valence-electron chi connectivity index (χ1n) is 8.17. The number of hydrogen-bond donors (Lipinski definition) is 1. The highest BCUT2D eigenvalue weighted by Gasteiger charge is 2.22. The summed E-state index contributed by atoms with van der Waals surface area (Å²) in [5.74, 6) is 1.92. The molecule has 1 aliphatic heterocycles. The fourth-order valence-electron chi connectivity index (χ4n) is 2.86. The van der Waals surface area contributed by atoms with Gasteiger partial charge in [-0.1, -0.05) is 13.0 Å². The van der Waals surface area contributed by atoms with Gasteiger partial charge in [-0.05, 0) is 55.9 Å². The highest BCUT2D eigenvalue weighted by molar-refractivity contribution is 7.99. The number of carboxylic acid groups (broad SMARTS) is 1. The number of carbonyl (C=O) groups is 1. The van der Waals surface area contributed by atoms with Crippen LogP contribution in [0.25, 0.3) is 0 Å². The second-order valence-electron chi connectivity index (χ2n) is 6.03. The number of anilines is 1. The molecule has 0 amide bonds. The molecule has 1 aromatic heterocycles. The predicted octanol–water partition coefficient (Wildman–Crippen LogP) is 3.97. The first kappa shape index (κ1) is 17.1. The molecule has 0 aliphatic carbocycles. The largest absolute Gasteiger partial charge is 0.481 e. The summed E-state index contributed by atoms with van der Waals surface area (Å²) in [4.78, 5) is 17.9. The van der Waals surface area contributed by atoms with Gasteiger partial charge in [0.25, 0.3) is 0 Å². The number of thioether (sulfide) groups is 1. The Morgan fingerprint density at radius 3 is 3.05 bits per heavy atom. The molecule has 1 aromatic rings. The monoisotopic (exact) mass is 322 g/mol.